The Morgan fingerprint density at radius 1 is 1.19 bits per heavy atom. The number of carbonyl (C=O) groups is 1. The molecule has 0 saturated heterocycles. The van der Waals surface area contributed by atoms with Crippen LogP contribution in [0.5, 0.6) is 0 Å². The second-order valence-corrected chi connectivity index (χ2v) is 8.33. The lowest BCUT2D eigenvalue weighted by atomic mass is 10.0. The van der Waals surface area contributed by atoms with Crippen LogP contribution in [0.3, 0.4) is 0 Å². The Labute approximate surface area is 127 Å². The Balaban J connectivity index is 2.55. The predicted molar refractivity (Wildman–Crippen MR) is 82.1 cm³/mol. The molecule has 2 rings (SSSR count). The highest BCUT2D eigenvalue weighted by molar-refractivity contribution is 7.87. The molecule has 0 aliphatic heterocycles. The fourth-order valence-corrected chi connectivity index (χ4v) is 3.81. The van der Waals surface area contributed by atoms with Crippen molar-refractivity contribution in [2.75, 3.05) is 14.2 Å². The van der Waals surface area contributed by atoms with Crippen molar-refractivity contribution in [1.82, 2.24) is 0 Å². The number of thiophene rings is 1. The minimum absolute atomic E-state index is 0.401. The molecule has 0 aliphatic carbocycles. The second kappa shape index (κ2) is 5.40. The van der Waals surface area contributed by atoms with Gasteiger partial charge in [0.1, 0.15) is 9.62 Å². The minimum Gasteiger partial charge on any atom is -0.465 e. The van der Waals surface area contributed by atoms with Gasteiger partial charge in [-0.1, -0.05) is 12.1 Å². The van der Waals surface area contributed by atoms with E-state index in [1.807, 2.05) is 0 Å². The lowest BCUT2D eigenvalue weighted by Crippen LogP contribution is -2.30. The number of fused-ring (bicyclic) bond motifs is 1. The van der Waals surface area contributed by atoms with Crippen molar-refractivity contribution in [2.24, 2.45) is 0 Å². The van der Waals surface area contributed by atoms with E-state index < -0.39 is 20.8 Å². The Hall–Kier alpha value is -1.44. The first-order chi connectivity index (χ1) is 9.72. The van der Waals surface area contributed by atoms with Crippen molar-refractivity contribution in [1.29, 1.82) is 0 Å². The molecular weight excluding hydrogens is 312 g/mol. The summed E-state index contributed by atoms with van der Waals surface area (Å²) < 4.78 is 33.0. The van der Waals surface area contributed by atoms with Gasteiger partial charge in [-0.05, 0) is 36.9 Å². The van der Waals surface area contributed by atoms with Gasteiger partial charge in [0.25, 0.3) is 10.1 Å². The first-order valence-electron chi connectivity index (χ1n) is 6.15. The molecule has 1 aromatic heterocycles. The number of benzene rings is 1. The molecule has 114 valence electrons. The molecule has 1 aromatic carbocycles. The van der Waals surface area contributed by atoms with Gasteiger partial charge in [-0.3, -0.25) is 4.18 Å². The summed E-state index contributed by atoms with van der Waals surface area (Å²) >= 11 is 1.27. The van der Waals surface area contributed by atoms with E-state index in [2.05, 4.69) is 4.18 Å². The smallest absolute Gasteiger partial charge is 0.348 e. The van der Waals surface area contributed by atoms with E-state index in [-0.39, 0.29) is 0 Å². The molecule has 0 saturated carbocycles. The molecule has 0 fully saturated rings. The molecule has 0 unspecified atom stereocenters. The van der Waals surface area contributed by atoms with Gasteiger partial charge in [0.05, 0.1) is 14.2 Å². The molecule has 0 amide bonds. The third-order valence-electron chi connectivity index (χ3n) is 3.45. The van der Waals surface area contributed by atoms with Gasteiger partial charge < -0.3 is 4.74 Å². The van der Waals surface area contributed by atoms with Crippen LogP contribution in [0.1, 0.15) is 29.1 Å². The van der Waals surface area contributed by atoms with E-state index >= 15 is 0 Å². The maximum atomic E-state index is 12.0. The van der Waals surface area contributed by atoms with Crippen LogP contribution < -0.4 is 0 Å². The van der Waals surface area contributed by atoms with Crippen LogP contribution in [0, 0.1) is 0 Å². The van der Waals surface area contributed by atoms with Crippen molar-refractivity contribution >= 4 is 37.5 Å². The summed E-state index contributed by atoms with van der Waals surface area (Å²) in [5.41, 5.74) is 0.607. The molecule has 0 spiro atoms. The van der Waals surface area contributed by atoms with Gasteiger partial charge >= 0.3 is 5.97 Å². The number of ether oxygens (including phenoxy) is 1. The van der Waals surface area contributed by atoms with Gasteiger partial charge in [0.2, 0.25) is 0 Å². The van der Waals surface area contributed by atoms with E-state index in [0.717, 1.165) is 17.2 Å². The second-order valence-electron chi connectivity index (χ2n) is 4.99. The quantitative estimate of drug-likeness (QED) is 0.637. The van der Waals surface area contributed by atoms with Crippen molar-refractivity contribution in [3.8, 4) is 0 Å². The Bertz CT molecular complexity index is 787. The Morgan fingerprint density at radius 2 is 1.86 bits per heavy atom. The maximum Gasteiger partial charge on any atom is 0.348 e. The van der Waals surface area contributed by atoms with Gasteiger partial charge in [-0.2, -0.15) is 8.42 Å². The van der Waals surface area contributed by atoms with Crippen LogP contribution >= 0.6 is 11.3 Å². The highest BCUT2D eigenvalue weighted by Gasteiger charge is 2.36. The Morgan fingerprint density at radius 3 is 2.43 bits per heavy atom. The van der Waals surface area contributed by atoms with Crippen LogP contribution in [-0.2, 0) is 23.8 Å². The molecule has 7 heteroatoms. The first-order valence-corrected chi connectivity index (χ1v) is 8.38. The molecule has 0 atom stereocenters. The normalized spacial score (nSPS) is 12.6. The zero-order chi connectivity index (χ0) is 15.8. The lowest BCUT2D eigenvalue weighted by Gasteiger charge is -2.23. The van der Waals surface area contributed by atoms with Crippen LogP contribution in [0.25, 0.3) is 10.1 Å². The highest BCUT2D eigenvalue weighted by atomic mass is 32.2. The predicted octanol–water partition coefficient (Wildman–Crippen LogP) is 2.90. The molecule has 2 aromatic rings. The zero-order valence-electron chi connectivity index (χ0n) is 12.2. The third-order valence-corrected chi connectivity index (χ3v) is 6.45. The zero-order valence-corrected chi connectivity index (χ0v) is 13.8. The van der Waals surface area contributed by atoms with Crippen molar-refractivity contribution in [3.05, 3.63) is 34.7 Å². The molecule has 5 nitrogen and oxygen atoms in total. The number of hydrogen-bond acceptors (Lipinski definition) is 6. The summed E-state index contributed by atoms with van der Waals surface area (Å²) in [6.07, 6.45) is 0. The summed E-state index contributed by atoms with van der Waals surface area (Å²) in [5, 5.41) is 0.870. The number of rotatable bonds is 4. The number of methoxy groups -OCH3 is 1. The largest absolute Gasteiger partial charge is 0.465 e. The van der Waals surface area contributed by atoms with Crippen LogP contribution in [0.15, 0.2) is 24.3 Å². The van der Waals surface area contributed by atoms with Crippen molar-refractivity contribution in [2.45, 2.75) is 18.6 Å². The van der Waals surface area contributed by atoms with Crippen LogP contribution in [0.4, 0.5) is 0 Å². The molecular formula is C14H16O5S2. The van der Waals surface area contributed by atoms with Crippen molar-refractivity contribution < 1.29 is 22.1 Å². The number of hydrogen-bond donors (Lipinski definition) is 0. The summed E-state index contributed by atoms with van der Waals surface area (Å²) in [4.78, 5) is 12.0. The van der Waals surface area contributed by atoms with E-state index in [1.54, 1.807) is 38.1 Å². The van der Waals surface area contributed by atoms with Gasteiger partial charge in [0.15, 0.2) is 0 Å². The fraction of sp³-hybridized carbons (Fsp3) is 0.357. The van der Waals surface area contributed by atoms with Gasteiger partial charge in [0, 0.05) is 4.70 Å². The maximum absolute atomic E-state index is 12.0. The van der Waals surface area contributed by atoms with E-state index in [4.69, 9.17) is 4.74 Å². The summed E-state index contributed by atoms with van der Waals surface area (Å²) in [5.74, 6) is -0.401. The fourth-order valence-electron chi connectivity index (χ4n) is 1.96. The third kappa shape index (κ3) is 2.68. The minimum atomic E-state index is -3.72. The topological polar surface area (TPSA) is 69.7 Å². The van der Waals surface area contributed by atoms with Crippen LogP contribution in [-0.4, -0.2) is 28.6 Å². The number of carbonyl (C=O) groups excluding carboxylic acids is 1. The molecule has 0 bridgehead atoms. The SMILES string of the molecule is COC(=O)c1cc2ccc(C(C)(C)S(=O)(=O)OC)cc2s1. The van der Waals surface area contributed by atoms with Crippen LogP contribution in [0.2, 0.25) is 0 Å². The highest BCUT2D eigenvalue weighted by Crippen LogP contribution is 2.35. The molecule has 21 heavy (non-hydrogen) atoms. The Kier molecular flexibility index (Phi) is 4.10. The van der Waals surface area contributed by atoms with E-state index in [0.29, 0.717) is 10.4 Å². The molecule has 1 heterocycles. The molecule has 0 aliphatic rings. The average Bonchev–Trinajstić information content (AvgIpc) is 2.88. The monoisotopic (exact) mass is 328 g/mol. The number of esters is 1. The van der Waals surface area contributed by atoms with Crippen molar-refractivity contribution in [3.63, 3.8) is 0 Å². The molecule has 0 radical (unpaired) electrons. The first kappa shape index (κ1) is 15.9. The summed E-state index contributed by atoms with van der Waals surface area (Å²) in [6.45, 7) is 3.17. The molecule has 0 N–H and O–H groups in total. The van der Waals surface area contributed by atoms with Gasteiger partial charge in [-0.25, -0.2) is 4.79 Å². The average molecular weight is 328 g/mol. The van der Waals surface area contributed by atoms with E-state index in [9.17, 15) is 13.2 Å². The summed E-state index contributed by atoms with van der Waals surface area (Å²) in [7, 11) is -1.25. The van der Waals surface area contributed by atoms with E-state index in [1.165, 1.54) is 18.4 Å². The summed E-state index contributed by atoms with van der Waals surface area (Å²) in [6, 6.07) is 7.02. The van der Waals surface area contributed by atoms with Gasteiger partial charge in [-0.15, -0.1) is 11.3 Å². The standard InChI is InChI=1S/C14H16O5S2/c1-14(2,21(16,17)19-4)10-6-5-9-7-12(13(15)18-3)20-11(9)8-10/h5-8H,1-4H3. The lowest BCUT2D eigenvalue weighted by molar-refractivity contribution is 0.0606.